The van der Waals surface area contributed by atoms with Gasteiger partial charge in [0.05, 0.1) is 11.1 Å². The van der Waals surface area contributed by atoms with Crippen molar-refractivity contribution in [3.63, 3.8) is 0 Å². The molecule has 3 aromatic rings. The Balaban J connectivity index is 1.74. The van der Waals surface area contributed by atoms with Crippen LogP contribution in [0.1, 0.15) is 29.9 Å². The van der Waals surface area contributed by atoms with Crippen LogP contribution in [0.3, 0.4) is 0 Å². The molecule has 0 spiro atoms. The van der Waals surface area contributed by atoms with E-state index < -0.39 is 10.0 Å². The van der Waals surface area contributed by atoms with Crippen LogP contribution in [0.25, 0.3) is 22.2 Å². The maximum atomic E-state index is 11.2. The largest absolute Gasteiger partial charge is 0.333 e. The number of hydrogen-bond donors (Lipinski definition) is 1. The van der Waals surface area contributed by atoms with E-state index in [1.54, 1.807) is 11.3 Å². The smallest absolute Gasteiger partial charge is 0.268 e. The van der Waals surface area contributed by atoms with Crippen LogP contribution in [-0.4, -0.2) is 42.8 Å². The lowest BCUT2D eigenvalue weighted by molar-refractivity contribution is 0.298. The number of aryl methyl sites for hydroxylation is 1. The first-order valence-electron chi connectivity index (χ1n) is 9.48. The van der Waals surface area contributed by atoms with E-state index in [-0.39, 0.29) is 6.54 Å². The van der Waals surface area contributed by atoms with Gasteiger partial charge in [0, 0.05) is 23.5 Å². The summed E-state index contributed by atoms with van der Waals surface area (Å²) >= 11 is 1.69. The molecule has 0 amide bonds. The van der Waals surface area contributed by atoms with E-state index in [4.69, 9.17) is 4.52 Å². The lowest BCUT2D eigenvalue weighted by Gasteiger charge is -2.17. The summed E-state index contributed by atoms with van der Waals surface area (Å²) in [7, 11) is -3.22. The number of sulfonamides is 1. The molecule has 1 N–H and O–H groups in total. The molecule has 0 bridgehead atoms. The van der Waals surface area contributed by atoms with Crippen LogP contribution in [0.5, 0.6) is 0 Å². The highest BCUT2D eigenvalue weighted by Gasteiger charge is 2.16. The van der Waals surface area contributed by atoms with Crippen molar-refractivity contribution in [1.29, 1.82) is 0 Å². The molecule has 2 heterocycles. The fraction of sp³-hybridized carbons (Fsp3) is 0.400. The van der Waals surface area contributed by atoms with Gasteiger partial charge < -0.3 is 4.52 Å². The predicted molar refractivity (Wildman–Crippen MR) is 116 cm³/mol. The highest BCUT2D eigenvalue weighted by Crippen LogP contribution is 2.32. The highest BCUT2D eigenvalue weighted by molar-refractivity contribution is 7.88. The van der Waals surface area contributed by atoms with Crippen LogP contribution >= 0.6 is 11.3 Å². The monoisotopic (exact) mass is 434 g/mol. The first-order chi connectivity index (χ1) is 13.8. The molecule has 156 valence electrons. The zero-order valence-corrected chi connectivity index (χ0v) is 18.7. The summed E-state index contributed by atoms with van der Waals surface area (Å²) in [5.74, 6) is 1.03. The zero-order chi connectivity index (χ0) is 21.0. The van der Waals surface area contributed by atoms with E-state index in [1.807, 2.05) is 24.3 Å². The number of benzene rings is 1. The van der Waals surface area contributed by atoms with Gasteiger partial charge in [-0.1, -0.05) is 43.3 Å². The SMILES string of the molecule is CCN(CC)Cc1sc(-c2nc(-c3ccc(CNS(C)(=O)=O)cc3)no2)cc1C. The number of aromatic nitrogens is 2. The second-order valence-electron chi connectivity index (χ2n) is 6.89. The number of nitrogens with zero attached hydrogens (tertiary/aromatic N) is 3. The first-order valence-corrected chi connectivity index (χ1v) is 12.2. The van der Waals surface area contributed by atoms with Crippen molar-refractivity contribution < 1.29 is 12.9 Å². The molecule has 2 aromatic heterocycles. The van der Waals surface area contributed by atoms with E-state index in [2.05, 4.69) is 46.6 Å². The van der Waals surface area contributed by atoms with Gasteiger partial charge in [0.1, 0.15) is 0 Å². The lowest BCUT2D eigenvalue weighted by Crippen LogP contribution is -2.21. The summed E-state index contributed by atoms with van der Waals surface area (Å²) in [6.07, 6.45) is 1.14. The van der Waals surface area contributed by atoms with Crippen LogP contribution in [0.4, 0.5) is 0 Å². The molecule has 0 unspecified atom stereocenters. The molecule has 0 fully saturated rings. The third-order valence-corrected chi connectivity index (χ3v) is 6.55. The van der Waals surface area contributed by atoms with Gasteiger partial charge in [0.25, 0.3) is 5.89 Å². The summed E-state index contributed by atoms with van der Waals surface area (Å²) < 4.78 is 30.4. The number of nitrogens with one attached hydrogen (secondary N) is 1. The Bertz CT molecular complexity index is 1050. The van der Waals surface area contributed by atoms with Crippen LogP contribution in [0, 0.1) is 6.92 Å². The van der Waals surface area contributed by atoms with E-state index in [0.29, 0.717) is 11.7 Å². The van der Waals surface area contributed by atoms with Gasteiger partial charge in [-0.05, 0) is 37.2 Å². The Kier molecular flexibility index (Phi) is 6.84. The van der Waals surface area contributed by atoms with Crippen molar-refractivity contribution in [2.75, 3.05) is 19.3 Å². The van der Waals surface area contributed by atoms with Crippen LogP contribution in [0.2, 0.25) is 0 Å². The Hall–Kier alpha value is -2.07. The fourth-order valence-corrected chi connectivity index (χ4v) is 4.43. The van der Waals surface area contributed by atoms with Gasteiger partial charge in [0.2, 0.25) is 15.8 Å². The number of hydrogen-bond acceptors (Lipinski definition) is 7. The molecule has 1 aromatic carbocycles. The van der Waals surface area contributed by atoms with Crippen LogP contribution in [0.15, 0.2) is 34.9 Å². The summed E-state index contributed by atoms with van der Waals surface area (Å²) in [6.45, 7) is 9.65. The van der Waals surface area contributed by atoms with Gasteiger partial charge in [-0.3, -0.25) is 4.90 Å². The number of rotatable bonds is 9. The average Bonchev–Trinajstić information content (AvgIpc) is 3.31. The number of thiophene rings is 1. The quantitative estimate of drug-likeness (QED) is 0.553. The molecule has 0 aliphatic carbocycles. The van der Waals surface area contributed by atoms with E-state index >= 15 is 0 Å². The summed E-state index contributed by atoms with van der Waals surface area (Å²) in [6, 6.07) is 9.52. The molecule has 9 heteroatoms. The molecule has 3 rings (SSSR count). The Morgan fingerprint density at radius 1 is 1.17 bits per heavy atom. The molecular formula is C20H26N4O3S2. The van der Waals surface area contributed by atoms with Crippen molar-refractivity contribution in [1.82, 2.24) is 19.8 Å². The van der Waals surface area contributed by atoms with Crippen molar-refractivity contribution in [2.24, 2.45) is 0 Å². The van der Waals surface area contributed by atoms with Crippen molar-refractivity contribution in [3.05, 3.63) is 46.3 Å². The zero-order valence-electron chi connectivity index (χ0n) is 17.1. The first kappa shape index (κ1) is 21.6. The molecular weight excluding hydrogens is 408 g/mol. The Morgan fingerprint density at radius 3 is 2.48 bits per heavy atom. The topological polar surface area (TPSA) is 88.3 Å². The third kappa shape index (κ3) is 5.72. The molecule has 0 atom stereocenters. The average molecular weight is 435 g/mol. The second-order valence-corrected chi connectivity index (χ2v) is 9.86. The molecule has 0 radical (unpaired) electrons. The molecule has 0 aliphatic heterocycles. The predicted octanol–water partition coefficient (Wildman–Crippen LogP) is 3.66. The second kappa shape index (κ2) is 9.17. The normalized spacial score (nSPS) is 12.0. The van der Waals surface area contributed by atoms with E-state index in [9.17, 15) is 8.42 Å². The highest BCUT2D eigenvalue weighted by atomic mass is 32.2. The molecule has 7 nitrogen and oxygen atoms in total. The molecule has 0 aliphatic rings. The fourth-order valence-electron chi connectivity index (χ4n) is 2.86. The summed E-state index contributed by atoms with van der Waals surface area (Å²) in [5, 5.41) is 4.11. The Labute approximate surface area is 175 Å². The van der Waals surface area contributed by atoms with Gasteiger partial charge in [0.15, 0.2) is 0 Å². The maximum absolute atomic E-state index is 11.2. The van der Waals surface area contributed by atoms with Crippen LogP contribution in [-0.2, 0) is 23.1 Å². The van der Waals surface area contributed by atoms with Gasteiger partial charge in [-0.15, -0.1) is 11.3 Å². The minimum Gasteiger partial charge on any atom is -0.333 e. The van der Waals surface area contributed by atoms with Crippen LogP contribution < -0.4 is 4.72 Å². The third-order valence-electron chi connectivity index (χ3n) is 4.67. The van der Waals surface area contributed by atoms with E-state index in [1.165, 1.54) is 10.4 Å². The van der Waals surface area contributed by atoms with E-state index in [0.717, 1.165) is 41.9 Å². The lowest BCUT2D eigenvalue weighted by atomic mass is 10.1. The minimum atomic E-state index is -3.22. The molecule has 0 saturated carbocycles. The van der Waals surface area contributed by atoms with Gasteiger partial charge in [-0.25, -0.2) is 13.1 Å². The maximum Gasteiger partial charge on any atom is 0.268 e. The minimum absolute atomic E-state index is 0.250. The van der Waals surface area contributed by atoms with Crippen molar-refractivity contribution in [2.45, 2.75) is 33.9 Å². The van der Waals surface area contributed by atoms with Gasteiger partial charge in [-0.2, -0.15) is 4.98 Å². The molecule has 29 heavy (non-hydrogen) atoms. The van der Waals surface area contributed by atoms with Gasteiger partial charge >= 0.3 is 0 Å². The summed E-state index contributed by atoms with van der Waals surface area (Å²) in [4.78, 5) is 9.21. The summed E-state index contributed by atoms with van der Waals surface area (Å²) in [5.41, 5.74) is 2.91. The standard InChI is InChI=1S/C20H26N4O3S2/c1-5-24(6-2)13-18-14(3)11-17(28-18)20-22-19(23-27-20)16-9-7-15(8-10-16)12-21-29(4,25)26/h7-11,21H,5-6,12-13H2,1-4H3. The molecule has 0 saturated heterocycles. The van der Waals surface area contributed by atoms with Crippen molar-refractivity contribution in [3.8, 4) is 22.2 Å². The Morgan fingerprint density at radius 2 is 1.86 bits per heavy atom. The van der Waals surface area contributed by atoms with Crippen molar-refractivity contribution >= 4 is 21.4 Å².